The lowest BCUT2D eigenvalue weighted by Gasteiger charge is -2.26. The quantitative estimate of drug-likeness (QED) is 0.652. The van der Waals surface area contributed by atoms with Gasteiger partial charge in [0.2, 0.25) is 0 Å². The molecule has 0 radical (unpaired) electrons. The van der Waals surface area contributed by atoms with E-state index in [4.69, 9.17) is 4.74 Å². The van der Waals surface area contributed by atoms with Gasteiger partial charge in [-0.2, -0.15) is 0 Å². The Kier molecular flexibility index (Phi) is 3.91. The summed E-state index contributed by atoms with van der Waals surface area (Å²) in [7, 11) is 0. The van der Waals surface area contributed by atoms with Gasteiger partial charge in [0, 0.05) is 25.2 Å². The molecule has 1 N–H and O–H groups in total. The van der Waals surface area contributed by atoms with E-state index in [1.807, 2.05) is 0 Å². The Morgan fingerprint density at radius 3 is 2.74 bits per heavy atom. The van der Waals surface area contributed by atoms with Crippen molar-refractivity contribution in [2.24, 2.45) is 0 Å². The van der Waals surface area contributed by atoms with Crippen LogP contribution in [0.3, 0.4) is 0 Å². The number of rotatable bonds is 2. The molecule has 2 rings (SSSR count). The van der Waals surface area contributed by atoms with Crippen LogP contribution in [0.4, 0.5) is 20.6 Å². The van der Waals surface area contributed by atoms with Crippen molar-refractivity contribution in [2.75, 3.05) is 31.6 Å². The molecule has 0 saturated carbocycles. The molecule has 102 valence electrons. The van der Waals surface area contributed by atoms with Crippen LogP contribution >= 0.6 is 0 Å². The molecule has 1 heterocycles. The first-order chi connectivity index (χ1) is 9.08. The molecule has 0 bridgehead atoms. The van der Waals surface area contributed by atoms with Crippen LogP contribution in [0.25, 0.3) is 0 Å². The molecule has 1 aromatic carbocycles. The van der Waals surface area contributed by atoms with Crippen molar-refractivity contribution in [2.45, 2.75) is 0 Å². The van der Waals surface area contributed by atoms with Gasteiger partial charge in [0.25, 0.3) is 5.69 Å². The number of benzene rings is 1. The summed E-state index contributed by atoms with van der Waals surface area (Å²) in [5.41, 5.74) is -0.496. The van der Waals surface area contributed by atoms with Crippen LogP contribution < -0.4 is 5.32 Å². The monoisotopic (exact) mass is 269 g/mol. The van der Waals surface area contributed by atoms with Crippen LogP contribution in [0.5, 0.6) is 0 Å². The lowest BCUT2D eigenvalue weighted by atomic mass is 10.2. The Bertz CT molecular complexity index is 503. The van der Waals surface area contributed by atoms with Gasteiger partial charge in [-0.15, -0.1) is 0 Å². The fourth-order valence-corrected chi connectivity index (χ4v) is 1.73. The second-order valence-corrected chi connectivity index (χ2v) is 3.95. The third-order valence-corrected chi connectivity index (χ3v) is 2.70. The molecule has 2 amide bonds. The van der Waals surface area contributed by atoms with Gasteiger partial charge in [0.1, 0.15) is 11.5 Å². The molecular weight excluding hydrogens is 257 g/mol. The van der Waals surface area contributed by atoms with Crippen molar-refractivity contribution in [1.82, 2.24) is 4.90 Å². The molecule has 1 saturated heterocycles. The van der Waals surface area contributed by atoms with Gasteiger partial charge < -0.3 is 15.0 Å². The summed E-state index contributed by atoms with van der Waals surface area (Å²) in [4.78, 5) is 23.4. The molecule has 1 fully saturated rings. The minimum atomic E-state index is -0.672. The lowest BCUT2D eigenvalue weighted by Crippen LogP contribution is -2.43. The van der Waals surface area contributed by atoms with E-state index in [0.29, 0.717) is 26.3 Å². The molecule has 7 nitrogen and oxygen atoms in total. The van der Waals surface area contributed by atoms with E-state index in [9.17, 15) is 19.3 Å². The van der Waals surface area contributed by atoms with Gasteiger partial charge in [-0.05, 0) is 6.07 Å². The highest BCUT2D eigenvalue weighted by Gasteiger charge is 2.21. The zero-order chi connectivity index (χ0) is 13.8. The van der Waals surface area contributed by atoms with Crippen molar-refractivity contribution < 1.29 is 18.8 Å². The number of nitro benzene ring substituents is 1. The summed E-state index contributed by atoms with van der Waals surface area (Å²) in [6, 6.07) is 2.42. The van der Waals surface area contributed by atoms with Gasteiger partial charge in [-0.1, -0.05) is 0 Å². The zero-order valence-corrected chi connectivity index (χ0v) is 9.97. The number of anilines is 1. The van der Waals surface area contributed by atoms with Crippen molar-refractivity contribution in [3.05, 3.63) is 34.1 Å². The fourth-order valence-electron chi connectivity index (χ4n) is 1.73. The molecule has 0 aromatic heterocycles. The van der Waals surface area contributed by atoms with Crippen LogP contribution in [-0.4, -0.2) is 42.2 Å². The van der Waals surface area contributed by atoms with Gasteiger partial charge in [-0.3, -0.25) is 10.1 Å². The molecule has 19 heavy (non-hydrogen) atoms. The second kappa shape index (κ2) is 5.61. The number of urea groups is 1. The van der Waals surface area contributed by atoms with E-state index in [2.05, 4.69) is 5.32 Å². The smallest absolute Gasteiger partial charge is 0.322 e. The zero-order valence-electron chi connectivity index (χ0n) is 9.97. The summed E-state index contributed by atoms with van der Waals surface area (Å²) in [5.74, 6) is -0.650. The highest BCUT2D eigenvalue weighted by Crippen LogP contribution is 2.25. The van der Waals surface area contributed by atoms with E-state index < -0.39 is 16.8 Å². The predicted octanol–water partition coefficient (Wildman–Crippen LogP) is 1.60. The summed E-state index contributed by atoms with van der Waals surface area (Å²) in [6.45, 7) is 1.63. The average molecular weight is 269 g/mol. The molecule has 0 spiro atoms. The van der Waals surface area contributed by atoms with Crippen LogP contribution in [-0.2, 0) is 4.74 Å². The molecule has 1 aliphatic rings. The summed E-state index contributed by atoms with van der Waals surface area (Å²) in [6.07, 6.45) is 0. The normalized spacial score (nSPS) is 15.1. The van der Waals surface area contributed by atoms with Gasteiger partial charge in [0.05, 0.1) is 18.1 Å². The number of halogens is 1. The van der Waals surface area contributed by atoms with E-state index in [-0.39, 0.29) is 11.4 Å². The van der Waals surface area contributed by atoms with E-state index in [1.165, 1.54) is 4.90 Å². The number of nitrogens with one attached hydrogen (secondary N) is 1. The van der Waals surface area contributed by atoms with Crippen LogP contribution in [0.15, 0.2) is 18.2 Å². The number of carbonyl (C=O) groups is 1. The maximum absolute atomic E-state index is 13.1. The predicted molar refractivity (Wildman–Crippen MR) is 64.5 cm³/mol. The van der Waals surface area contributed by atoms with Crippen molar-refractivity contribution in [3.8, 4) is 0 Å². The number of morpholine rings is 1. The standard InChI is InChI=1S/C11H12FN3O4/c12-8-1-2-10(15(17)18)9(7-8)13-11(16)14-3-5-19-6-4-14/h1-2,7H,3-6H2,(H,13,16). The molecule has 0 atom stereocenters. The first-order valence-corrected chi connectivity index (χ1v) is 5.65. The summed E-state index contributed by atoms with van der Waals surface area (Å²) < 4.78 is 18.2. The number of nitrogens with zero attached hydrogens (tertiary/aromatic N) is 2. The maximum atomic E-state index is 13.1. The molecule has 0 unspecified atom stereocenters. The Balaban J connectivity index is 2.15. The Labute approximate surface area is 108 Å². The minimum absolute atomic E-state index is 0.151. The largest absolute Gasteiger partial charge is 0.378 e. The SMILES string of the molecule is O=C(Nc1cc(F)ccc1[N+](=O)[O-])N1CCOCC1. The summed E-state index contributed by atoms with van der Waals surface area (Å²) >= 11 is 0. The molecule has 0 aliphatic carbocycles. The van der Waals surface area contributed by atoms with Crippen molar-refractivity contribution in [1.29, 1.82) is 0 Å². The number of carbonyl (C=O) groups excluding carboxylic acids is 1. The molecule has 1 aromatic rings. The Morgan fingerprint density at radius 1 is 1.42 bits per heavy atom. The number of ether oxygens (including phenoxy) is 1. The van der Waals surface area contributed by atoms with Crippen molar-refractivity contribution >= 4 is 17.4 Å². The topological polar surface area (TPSA) is 84.7 Å². The maximum Gasteiger partial charge on any atom is 0.322 e. The van der Waals surface area contributed by atoms with Crippen LogP contribution in [0.2, 0.25) is 0 Å². The molecule has 1 aliphatic heterocycles. The van der Waals surface area contributed by atoms with Gasteiger partial charge in [-0.25, -0.2) is 9.18 Å². The Hall–Kier alpha value is -2.22. The number of amides is 2. The lowest BCUT2D eigenvalue weighted by molar-refractivity contribution is -0.384. The number of nitro groups is 1. The third-order valence-electron chi connectivity index (χ3n) is 2.70. The van der Waals surface area contributed by atoms with Crippen LogP contribution in [0, 0.1) is 15.9 Å². The number of hydrogen-bond acceptors (Lipinski definition) is 4. The highest BCUT2D eigenvalue weighted by atomic mass is 19.1. The first kappa shape index (κ1) is 13.2. The first-order valence-electron chi connectivity index (χ1n) is 5.65. The Morgan fingerprint density at radius 2 is 2.11 bits per heavy atom. The van der Waals surface area contributed by atoms with E-state index in [0.717, 1.165) is 18.2 Å². The number of hydrogen-bond donors (Lipinski definition) is 1. The highest BCUT2D eigenvalue weighted by molar-refractivity contribution is 5.91. The van der Waals surface area contributed by atoms with Gasteiger partial charge in [0.15, 0.2) is 0 Å². The van der Waals surface area contributed by atoms with Crippen molar-refractivity contribution in [3.63, 3.8) is 0 Å². The fraction of sp³-hybridized carbons (Fsp3) is 0.364. The minimum Gasteiger partial charge on any atom is -0.378 e. The van der Waals surface area contributed by atoms with E-state index in [1.54, 1.807) is 0 Å². The molecular formula is C11H12FN3O4. The second-order valence-electron chi connectivity index (χ2n) is 3.95. The van der Waals surface area contributed by atoms with Gasteiger partial charge >= 0.3 is 6.03 Å². The third kappa shape index (κ3) is 3.16. The molecule has 8 heteroatoms. The van der Waals surface area contributed by atoms with Crippen LogP contribution in [0.1, 0.15) is 0 Å². The van der Waals surface area contributed by atoms with E-state index >= 15 is 0 Å². The average Bonchev–Trinajstić information content (AvgIpc) is 2.39. The summed E-state index contributed by atoms with van der Waals surface area (Å²) in [5, 5.41) is 13.1.